The predicted octanol–water partition coefficient (Wildman–Crippen LogP) is 4.74. The van der Waals surface area contributed by atoms with E-state index < -0.39 is 0 Å². The van der Waals surface area contributed by atoms with Gasteiger partial charge in [-0.05, 0) is 18.1 Å². The third-order valence-electron chi connectivity index (χ3n) is 3.74. The van der Waals surface area contributed by atoms with Crippen LogP contribution in [0, 0.1) is 0 Å². The predicted molar refractivity (Wildman–Crippen MR) is 87.1 cm³/mol. The van der Waals surface area contributed by atoms with Crippen LogP contribution in [0.1, 0.15) is 22.8 Å². The Kier molecular flexibility index (Phi) is 3.80. The van der Waals surface area contributed by atoms with E-state index in [-0.39, 0.29) is 5.78 Å². The van der Waals surface area contributed by atoms with Crippen molar-refractivity contribution in [2.45, 2.75) is 19.9 Å². The van der Waals surface area contributed by atoms with Gasteiger partial charge in [0, 0.05) is 22.7 Å². The van der Waals surface area contributed by atoms with Crippen LogP contribution in [0.4, 0.5) is 0 Å². The molecule has 21 heavy (non-hydrogen) atoms. The molecule has 1 aromatic heterocycles. The maximum Gasteiger partial charge on any atom is 0.182 e. The molecule has 2 aromatic carbocycles. The molecule has 0 saturated heterocycles. The van der Waals surface area contributed by atoms with Gasteiger partial charge in [-0.25, -0.2) is 0 Å². The number of aromatic nitrogens is 1. The molecule has 0 unspecified atom stereocenters. The van der Waals surface area contributed by atoms with E-state index in [1.807, 2.05) is 59.3 Å². The highest BCUT2D eigenvalue weighted by Gasteiger charge is 2.11. The van der Waals surface area contributed by atoms with Crippen molar-refractivity contribution in [3.63, 3.8) is 0 Å². The van der Waals surface area contributed by atoms with Crippen molar-refractivity contribution in [2.24, 2.45) is 0 Å². The van der Waals surface area contributed by atoms with Crippen LogP contribution < -0.4 is 0 Å². The highest BCUT2D eigenvalue weighted by molar-refractivity contribution is 6.35. The fraction of sp³-hybridized carbons (Fsp3) is 0.167. The van der Waals surface area contributed by atoms with Gasteiger partial charge < -0.3 is 4.57 Å². The molecule has 1 heterocycles. The molecule has 0 fully saturated rings. The Balaban J connectivity index is 1.89. The third kappa shape index (κ3) is 2.72. The first-order valence-electron chi connectivity index (χ1n) is 7.04. The van der Waals surface area contributed by atoms with Crippen LogP contribution in [0.5, 0.6) is 0 Å². The van der Waals surface area contributed by atoms with Gasteiger partial charge in [0.25, 0.3) is 0 Å². The summed E-state index contributed by atoms with van der Waals surface area (Å²) in [5, 5.41) is 1.66. The summed E-state index contributed by atoms with van der Waals surface area (Å²) in [6.45, 7) is 2.41. The number of benzene rings is 2. The number of nitrogens with zero attached hydrogens (tertiary/aromatic N) is 1. The molecule has 2 nitrogen and oxygen atoms in total. The van der Waals surface area contributed by atoms with E-state index in [4.69, 9.17) is 11.6 Å². The van der Waals surface area contributed by atoms with Crippen LogP contribution in [-0.2, 0) is 13.0 Å². The number of carbonyl (C=O) groups excluding carboxylic acids is 1. The van der Waals surface area contributed by atoms with Crippen molar-refractivity contribution < 1.29 is 4.79 Å². The van der Waals surface area contributed by atoms with E-state index in [1.165, 1.54) is 5.56 Å². The number of halogens is 1. The Morgan fingerprint density at radius 1 is 1.10 bits per heavy atom. The lowest BCUT2D eigenvalue weighted by Crippen LogP contribution is -2.09. The summed E-state index contributed by atoms with van der Waals surface area (Å²) in [6, 6.07) is 15.7. The summed E-state index contributed by atoms with van der Waals surface area (Å²) in [6.07, 6.45) is 2.80. The number of rotatable bonds is 4. The average molecular weight is 298 g/mol. The molecule has 3 rings (SSSR count). The number of aryl methyl sites for hydroxylation is 1. The van der Waals surface area contributed by atoms with E-state index in [1.54, 1.807) is 0 Å². The molecule has 0 N–H and O–H groups in total. The number of para-hydroxylation sites is 1. The van der Waals surface area contributed by atoms with Gasteiger partial charge in [-0.3, -0.25) is 4.79 Å². The summed E-state index contributed by atoms with van der Waals surface area (Å²) in [7, 11) is 0. The Labute approximate surface area is 129 Å². The van der Waals surface area contributed by atoms with Crippen LogP contribution in [0.3, 0.4) is 0 Å². The lowest BCUT2D eigenvalue weighted by molar-refractivity contribution is 0.0973. The first-order valence-corrected chi connectivity index (χ1v) is 7.42. The normalized spacial score (nSPS) is 11.0. The summed E-state index contributed by atoms with van der Waals surface area (Å²) < 4.78 is 1.91. The SMILES string of the molecule is CCc1ccc(C(=O)Cn2cc(Cl)c3ccccc32)cc1. The van der Waals surface area contributed by atoms with Crippen molar-refractivity contribution in [2.75, 3.05) is 0 Å². The van der Waals surface area contributed by atoms with Crippen LogP contribution in [-0.4, -0.2) is 10.4 Å². The maximum atomic E-state index is 12.4. The van der Waals surface area contributed by atoms with Crippen molar-refractivity contribution >= 4 is 28.3 Å². The van der Waals surface area contributed by atoms with Gasteiger partial charge in [0.05, 0.1) is 11.6 Å². The van der Waals surface area contributed by atoms with Gasteiger partial charge in [-0.2, -0.15) is 0 Å². The number of hydrogen-bond acceptors (Lipinski definition) is 1. The van der Waals surface area contributed by atoms with E-state index in [9.17, 15) is 4.79 Å². The van der Waals surface area contributed by atoms with Crippen LogP contribution in [0.2, 0.25) is 5.02 Å². The number of Topliss-reactive ketones (excluding diaryl/α,β-unsaturated/α-hetero) is 1. The fourth-order valence-electron chi connectivity index (χ4n) is 2.51. The molecular formula is C18H16ClNO. The minimum absolute atomic E-state index is 0.0927. The minimum atomic E-state index is 0.0927. The molecule has 0 radical (unpaired) electrons. The summed E-state index contributed by atoms with van der Waals surface area (Å²) in [4.78, 5) is 12.4. The van der Waals surface area contributed by atoms with Gasteiger partial charge in [-0.15, -0.1) is 0 Å². The van der Waals surface area contributed by atoms with E-state index >= 15 is 0 Å². The van der Waals surface area contributed by atoms with Crippen LogP contribution in [0.15, 0.2) is 54.7 Å². The first-order chi connectivity index (χ1) is 10.2. The first kappa shape index (κ1) is 13.9. The summed E-state index contributed by atoms with van der Waals surface area (Å²) >= 11 is 6.21. The Hall–Kier alpha value is -2.06. The molecule has 0 amide bonds. The second-order valence-electron chi connectivity index (χ2n) is 5.10. The molecule has 0 aliphatic rings. The second-order valence-corrected chi connectivity index (χ2v) is 5.50. The molecule has 0 spiro atoms. The molecule has 3 heteroatoms. The average Bonchev–Trinajstić information content (AvgIpc) is 2.84. The quantitative estimate of drug-likeness (QED) is 0.638. The minimum Gasteiger partial charge on any atom is -0.338 e. The van der Waals surface area contributed by atoms with Gasteiger partial charge in [-0.1, -0.05) is 61.0 Å². The molecule has 0 atom stereocenters. The maximum absolute atomic E-state index is 12.4. The van der Waals surface area contributed by atoms with Crippen molar-refractivity contribution in [3.05, 3.63) is 70.9 Å². The zero-order chi connectivity index (χ0) is 14.8. The molecule has 3 aromatic rings. The van der Waals surface area contributed by atoms with Gasteiger partial charge in [0.1, 0.15) is 0 Å². The highest BCUT2D eigenvalue weighted by atomic mass is 35.5. The lowest BCUT2D eigenvalue weighted by atomic mass is 10.1. The van der Waals surface area contributed by atoms with E-state index in [0.29, 0.717) is 11.6 Å². The van der Waals surface area contributed by atoms with Crippen LogP contribution in [0.25, 0.3) is 10.9 Å². The molecule has 106 valence electrons. The van der Waals surface area contributed by atoms with Gasteiger partial charge >= 0.3 is 0 Å². The molecule has 0 aliphatic heterocycles. The molecule has 0 aliphatic carbocycles. The topological polar surface area (TPSA) is 22.0 Å². The number of hydrogen-bond donors (Lipinski definition) is 0. The largest absolute Gasteiger partial charge is 0.338 e. The van der Waals surface area contributed by atoms with Crippen LogP contribution >= 0.6 is 11.6 Å². The summed E-state index contributed by atoms with van der Waals surface area (Å²) in [5.41, 5.74) is 2.96. The number of fused-ring (bicyclic) bond motifs is 1. The monoisotopic (exact) mass is 297 g/mol. The highest BCUT2D eigenvalue weighted by Crippen LogP contribution is 2.25. The zero-order valence-corrected chi connectivity index (χ0v) is 12.6. The Morgan fingerprint density at radius 2 is 1.81 bits per heavy atom. The fourth-order valence-corrected chi connectivity index (χ4v) is 2.78. The standard InChI is InChI=1S/C18H16ClNO/c1-2-13-7-9-14(10-8-13)18(21)12-20-11-16(19)15-5-3-4-6-17(15)20/h3-11H,2,12H2,1H3. The number of carbonyl (C=O) groups is 1. The summed E-state index contributed by atoms with van der Waals surface area (Å²) in [5.74, 6) is 0.0927. The third-order valence-corrected chi connectivity index (χ3v) is 4.04. The molecule has 0 bridgehead atoms. The van der Waals surface area contributed by atoms with E-state index in [2.05, 4.69) is 6.92 Å². The zero-order valence-electron chi connectivity index (χ0n) is 11.8. The van der Waals surface area contributed by atoms with Gasteiger partial charge in [0.2, 0.25) is 0 Å². The lowest BCUT2D eigenvalue weighted by Gasteiger charge is -2.05. The molecule has 0 saturated carbocycles. The van der Waals surface area contributed by atoms with Gasteiger partial charge in [0.15, 0.2) is 5.78 Å². The van der Waals surface area contributed by atoms with Crippen molar-refractivity contribution in [1.82, 2.24) is 4.57 Å². The number of ketones is 1. The van der Waals surface area contributed by atoms with Crippen molar-refractivity contribution in [1.29, 1.82) is 0 Å². The second kappa shape index (κ2) is 5.74. The van der Waals surface area contributed by atoms with Crippen molar-refractivity contribution in [3.8, 4) is 0 Å². The van der Waals surface area contributed by atoms with E-state index in [0.717, 1.165) is 22.9 Å². The smallest absolute Gasteiger partial charge is 0.182 e. The molecular weight excluding hydrogens is 282 g/mol. The Bertz CT molecular complexity index is 787. The Morgan fingerprint density at radius 3 is 2.52 bits per heavy atom.